The van der Waals surface area contributed by atoms with E-state index in [1.165, 1.54) is 11.6 Å². The summed E-state index contributed by atoms with van der Waals surface area (Å²) in [5.41, 5.74) is 0.634. The fourth-order valence-corrected chi connectivity index (χ4v) is 1.09. The molecule has 0 saturated carbocycles. The zero-order valence-corrected chi connectivity index (χ0v) is 14.8. The Hall–Kier alpha value is -3.41. The number of aliphatic carboxylic acids is 1. The molecule has 1 rings (SSSR count). The Labute approximate surface area is 153 Å². The van der Waals surface area contributed by atoms with E-state index in [1.54, 1.807) is 6.92 Å². The van der Waals surface area contributed by atoms with Gasteiger partial charge in [-0.05, 0) is 12.5 Å². The second-order valence-electron chi connectivity index (χ2n) is 4.24. The zero-order chi connectivity index (χ0) is 20.4. The van der Waals surface area contributed by atoms with Crippen LogP contribution in [-0.2, 0) is 23.9 Å². The van der Waals surface area contributed by atoms with Crippen molar-refractivity contribution in [2.75, 3.05) is 13.2 Å². The highest BCUT2D eigenvalue weighted by molar-refractivity contribution is 6.12. The molecule has 0 atom stereocenters. The molecule has 0 aliphatic heterocycles. The van der Waals surface area contributed by atoms with E-state index in [0.29, 0.717) is 0 Å². The third kappa shape index (κ3) is 14.2. The highest BCUT2D eigenvalue weighted by atomic mass is 16.5. The first-order valence-corrected chi connectivity index (χ1v) is 7.50. The first kappa shape index (κ1) is 24.8. The summed E-state index contributed by atoms with van der Waals surface area (Å²) in [6.07, 6.45) is 4.45. The molecule has 0 aliphatic carbocycles. The number of hydrogen-bond donors (Lipinski definition) is 1. The van der Waals surface area contributed by atoms with E-state index in [1.807, 2.05) is 36.4 Å². The lowest BCUT2D eigenvalue weighted by Gasteiger charge is -1.98. The van der Waals surface area contributed by atoms with Crippen LogP contribution in [0.3, 0.4) is 0 Å². The molecule has 0 bridgehead atoms. The molecule has 0 fully saturated rings. The quantitative estimate of drug-likeness (QED) is 0.263. The maximum absolute atomic E-state index is 10.5. The maximum Gasteiger partial charge on any atom is 0.344 e. The number of carbonyl (C=O) groups is 3. The standard InChI is InChI=1S/C8H8.C6H8O4.C6H8O2/c1-2-8-6-4-3-5-7-8;1-3-10-6(9)4(2)5(7)8;1-3-5-8-6(7)4-2/h2-7H,1H2;2-3H2,1H3,(H,7,8);3-4H,1-2,5H2. The lowest BCUT2D eigenvalue weighted by atomic mass is 10.2. The van der Waals surface area contributed by atoms with Gasteiger partial charge in [0.05, 0.1) is 6.61 Å². The average Bonchev–Trinajstić information content (AvgIpc) is 2.67. The van der Waals surface area contributed by atoms with E-state index in [0.717, 1.165) is 6.08 Å². The lowest BCUT2D eigenvalue weighted by molar-refractivity contribution is -0.144. The summed E-state index contributed by atoms with van der Waals surface area (Å²) >= 11 is 0. The molecule has 0 amide bonds. The summed E-state index contributed by atoms with van der Waals surface area (Å²) in [5.74, 6) is -2.64. The summed E-state index contributed by atoms with van der Waals surface area (Å²) in [7, 11) is 0. The Bertz CT molecular complexity index is 616. The summed E-state index contributed by atoms with van der Waals surface area (Å²) in [4.78, 5) is 30.7. The molecule has 0 unspecified atom stereocenters. The number of hydrogen-bond acceptors (Lipinski definition) is 5. The molecule has 0 spiro atoms. The van der Waals surface area contributed by atoms with Crippen LogP contribution >= 0.6 is 0 Å². The van der Waals surface area contributed by atoms with Gasteiger partial charge in [-0.3, -0.25) is 0 Å². The predicted molar refractivity (Wildman–Crippen MR) is 101 cm³/mol. The largest absolute Gasteiger partial charge is 0.477 e. The van der Waals surface area contributed by atoms with Gasteiger partial charge >= 0.3 is 17.9 Å². The van der Waals surface area contributed by atoms with Crippen LogP contribution in [-0.4, -0.2) is 36.2 Å². The van der Waals surface area contributed by atoms with Gasteiger partial charge in [0, 0.05) is 6.08 Å². The molecular weight excluding hydrogens is 336 g/mol. The topological polar surface area (TPSA) is 89.9 Å². The molecule has 6 nitrogen and oxygen atoms in total. The van der Waals surface area contributed by atoms with Crippen LogP contribution in [0, 0.1) is 0 Å². The van der Waals surface area contributed by atoms with E-state index in [-0.39, 0.29) is 13.2 Å². The molecular formula is C20H24O6. The number of esters is 2. The first-order valence-electron chi connectivity index (χ1n) is 7.50. The minimum Gasteiger partial charge on any atom is -0.477 e. The van der Waals surface area contributed by atoms with Crippen LogP contribution < -0.4 is 0 Å². The van der Waals surface area contributed by atoms with Gasteiger partial charge in [0.15, 0.2) is 0 Å². The van der Waals surface area contributed by atoms with Crippen molar-refractivity contribution >= 4 is 24.0 Å². The summed E-state index contributed by atoms with van der Waals surface area (Å²) < 4.78 is 8.81. The second kappa shape index (κ2) is 16.4. The average molecular weight is 360 g/mol. The minimum atomic E-state index is -1.35. The van der Waals surface area contributed by atoms with Gasteiger partial charge < -0.3 is 14.6 Å². The number of carbonyl (C=O) groups excluding carboxylic acids is 2. The van der Waals surface area contributed by atoms with Gasteiger partial charge in [0.25, 0.3) is 0 Å². The summed E-state index contributed by atoms with van der Waals surface area (Å²) in [5, 5.41) is 8.18. The highest BCUT2D eigenvalue weighted by Gasteiger charge is 2.14. The molecule has 1 aromatic rings. The molecule has 1 aromatic carbocycles. The molecule has 1 N–H and O–H groups in total. The van der Waals surface area contributed by atoms with Gasteiger partial charge in [-0.2, -0.15) is 0 Å². The Balaban J connectivity index is 0. The molecule has 0 radical (unpaired) electrons. The van der Waals surface area contributed by atoms with Crippen LogP contribution in [0.15, 0.2) is 74.4 Å². The maximum atomic E-state index is 10.5. The van der Waals surface area contributed by atoms with Crippen molar-refractivity contribution in [3.63, 3.8) is 0 Å². The molecule has 6 heteroatoms. The van der Waals surface area contributed by atoms with Crippen LogP contribution in [0.4, 0.5) is 0 Å². The van der Waals surface area contributed by atoms with E-state index in [9.17, 15) is 14.4 Å². The Morgan fingerprint density at radius 3 is 2.00 bits per heavy atom. The van der Waals surface area contributed by atoms with Crippen molar-refractivity contribution in [3.05, 3.63) is 79.9 Å². The molecule has 140 valence electrons. The van der Waals surface area contributed by atoms with Crippen LogP contribution in [0.5, 0.6) is 0 Å². The lowest BCUT2D eigenvalue weighted by Crippen LogP contribution is -2.13. The van der Waals surface area contributed by atoms with Crippen molar-refractivity contribution in [1.29, 1.82) is 0 Å². The van der Waals surface area contributed by atoms with Crippen molar-refractivity contribution in [2.45, 2.75) is 6.92 Å². The zero-order valence-electron chi connectivity index (χ0n) is 14.8. The Kier molecular flexibility index (Phi) is 15.7. The monoisotopic (exact) mass is 360 g/mol. The van der Waals surface area contributed by atoms with Crippen LogP contribution in [0.25, 0.3) is 6.08 Å². The highest BCUT2D eigenvalue weighted by Crippen LogP contribution is 1.97. The fraction of sp³-hybridized carbons (Fsp3) is 0.150. The fourth-order valence-electron chi connectivity index (χ4n) is 1.09. The summed E-state index contributed by atoms with van der Waals surface area (Å²) in [6.45, 7) is 15.2. The smallest absolute Gasteiger partial charge is 0.344 e. The number of benzene rings is 1. The van der Waals surface area contributed by atoms with Crippen molar-refractivity contribution in [2.24, 2.45) is 0 Å². The van der Waals surface area contributed by atoms with Crippen LogP contribution in [0.2, 0.25) is 0 Å². The van der Waals surface area contributed by atoms with E-state index >= 15 is 0 Å². The molecule has 0 aliphatic rings. The van der Waals surface area contributed by atoms with Gasteiger partial charge in [-0.15, -0.1) is 0 Å². The molecule has 0 heterocycles. The van der Waals surface area contributed by atoms with Crippen LogP contribution in [0.1, 0.15) is 12.5 Å². The van der Waals surface area contributed by atoms with Gasteiger partial charge in [0.2, 0.25) is 0 Å². The third-order valence-electron chi connectivity index (χ3n) is 2.33. The predicted octanol–water partition coefficient (Wildman–Crippen LogP) is 3.42. The third-order valence-corrected chi connectivity index (χ3v) is 2.33. The van der Waals surface area contributed by atoms with Crippen molar-refractivity contribution < 1.29 is 29.0 Å². The minimum absolute atomic E-state index is 0.158. The van der Waals surface area contributed by atoms with Gasteiger partial charge in [-0.1, -0.05) is 68.8 Å². The second-order valence-corrected chi connectivity index (χ2v) is 4.24. The molecule has 0 saturated heterocycles. The van der Waals surface area contributed by atoms with E-state index < -0.39 is 23.5 Å². The molecule has 26 heavy (non-hydrogen) atoms. The molecule has 0 aromatic heterocycles. The Morgan fingerprint density at radius 1 is 1.08 bits per heavy atom. The van der Waals surface area contributed by atoms with Crippen molar-refractivity contribution in [3.8, 4) is 0 Å². The SMILES string of the molecule is C=C(C(=O)O)C(=O)OCC.C=CCOC(=O)C=C.C=Cc1ccccc1. The summed E-state index contributed by atoms with van der Waals surface area (Å²) in [6, 6.07) is 10.0. The van der Waals surface area contributed by atoms with E-state index in [2.05, 4.69) is 35.8 Å². The normalized spacial score (nSPS) is 8.19. The number of ether oxygens (including phenoxy) is 2. The first-order chi connectivity index (χ1) is 12.3. The number of rotatable bonds is 7. The Morgan fingerprint density at radius 2 is 1.65 bits per heavy atom. The van der Waals surface area contributed by atoms with E-state index in [4.69, 9.17) is 5.11 Å². The van der Waals surface area contributed by atoms with Gasteiger partial charge in [0.1, 0.15) is 12.2 Å². The number of carboxylic acids is 1. The van der Waals surface area contributed by atoms with Gasteiger partial charge in [-0.25, -0.2) is 14.4 Å². The van der Waals surface area contributed by atoms with Crippen molar-refractivity contribution in [1.82, 2.24) is 0 Å². The number of carboxylic acid groups (broad SMARTS) is 1.